The topological polar surface area (TPSA) is 51.3 Å². The molecule has 3 heteroatoms. The number of pyridine rings is 1. The Hall–Kier alpha value is -2.16. The number of aryl methyl sites for hydroxylation is 3. The van der Waals surface area contributed by atoms with Gasteiger partial charge in [-0.2, -0.15) is 0 Å². The monoisotopic (exact) mass is 253 g/mol. The van der Waals surface area contributed by atoms with Gasteiger partial charge in [-0.15, -0.1) is 0 Å². The lowest BCUT2D eigenvalue weighted by Crippen LogP contribution is -2.01. The number of aliphatic imine (C=N–C) groups is 1. The second-order valence-corrected chi connectivity index (χ2v) is 4.89. The van der Waals surface area contributed by atoms with Gasteiger partial charge in [0.1, 0.15) is 5.82 Å². The van der Waals surface area contributed by atoms with Gasteiger partial charge in [-0.3, -0.25) is 4.99 Å². The summed E-state index contributed by atoms with van der Waals surface area (Å²) in [6.45, 7) is 8.22. The summed E-state index contributed by atoms with van der Waals surface area (Å²) in [6, 6.07) is 9.89. The van der Waals surface area contributed by atoms with E-state index in [2.05, 4.69) is 37.9 Å². The van der Waals surface area contributed by atoms with Crippen LogP contribution in [0.4, 0.5) is 11.5 Å². The Morgan fingerprint density at radius 2 is 1.74 bits per heavy atom. The van der Waals surface area contributed by atoms with Crippen LogP contribution in [0.15, 0.2) is 35.3 Å². The summed E-state index contributed by atoms with van der Waals surface area (Å²) in [5.74, 6) is 0.518. The minimum Gasteiger partial charge on any atom is -0.384 e. The first-order chi connectivity index (χ1) is 8.97. The molecule has 19 heavy (non-hydrogen) atoms. The lowest BCUT2D eigenvalue weighted by atomic mass is 10.1. The zero-order chi connectivity index (χ0) is 14.0. The molecule has 1 aromatic heterocycles. The number of benzene rings is 1. The minimum absolute atomic E-state index is 0.518. The van der Waals surface area contributed by atoms with Crippen molar-refractivity contribution in [2.24, 2.45) is 4.99 Å². The molecule has 0 saturated heterocycles. The zero-order valence-corrected chi connectivity index (χ0v) is 11.9. The van der Waals surface area contributed by atoms with Gasteiger partial charge in [-0.05, 0) is 51.0 Å². The number of nitrogens with zero attached hydrogens (tertiary/aromatic N) is 2. The Morgan fingerprint density at radius 1 is 1.11 bits per heavy atom. The Labute approximate surface area is 114 Å². The van der Waals surface area contributed by atoms with Crippen molar-refractivity contribution in [1.29, 1.82) is 0 Å². The average Bonchev–Trinajstić information content (AvgIpc) is 2.33. The summed E-state index contributed by atoms with van der Waals surface area (Å²) >= 11 is 0. The van der Waals surface area contributed by atoms with Crippen molar-refractivity contribution >= 4 is 17.2 Å². The molecule has 0 saturated carbocycles. The highest BCUT2D eigenvalue weighted by molar-refractivity contribution is 5.99. The summed E-state index contributed by atoms with van der Waals surface area (Å²) in [5, 5.41) is 0. The van der Waals surface area contributed by atoms with E-state index >= 15 is 0 Å². The number of hydrogen-bond donors (Lipinski definition) is 1. The normalized spacial score (nSPS) is 11.7. The quantitative estimate of drug-likeness (QED) is 0.829. The molecule has 98 valence electrons. The Bertz CT molecular complexity index is 619. The van der Waals surface area contributed by atoms with Crippen LogP contribution in [0.1, 0.15) is 29.3 Å². The highest BCUT2D eigenvalue weighted by Crippen LogP contribution is 2.25. The van der Waals surface area contributed by atoms with Crippen molar-refractivity contribution in [2.75, 3.05) is 5.73 Å². The van der Waals surface area contributed by atoms with E-state index in [9.17, 15) is 0 Å². The predicted molar refractivity (Wildman–Crippen MR) is 81.2 cm³/mol. The van der Waals surface area contributed by atoms with Crippen LogP contribution in [-0.4, -0.2) is 10.7 Å². The first-order valence-corrected chi connectivity index (χ1v) is 6.33. The van der Waals surface area contributed by atoms with E-state index in [4.69, 9.17) is 10.7 Å². The summed E-state index contributed by atoms with van der Waals surface area (Å²) < 4.78 is 0. The zero-order valence-electron chi connectivity index (χ0n) is 11.9. The number of rotatable bonds is 2. The van der Waals surface area contributed by atoms with Gasteiger partial charge >= 0.3 is 0 Å². The molecule has 0 spiro atoms. The van der Waals surface area contributed by atoms with Crippen LogP contribution < -0.4 is 5.73 Å². The molecule has 0 bridgehead atoms. The largest absolute Gasteiger partial charge is 0.384 e. The van der Waals surface area contributed by atoms with Gasteiger partial charge in [0, 0.05) is 0 Å². The van der Waals surface area contributed by atoms with E-state index in [-0.39, 0.29) is 0 Å². The highest BCUT2D eigenvalue weighted by Gasteiger charge is 2.05. The van der Waals surface area contributed by atoms with Gasteiger partial charge in [0.25, 0.3) is 0 Å². The summed E-state index contributed by atoms with van der Waals surface area (Å²) in [7, 11) is 0. The number of nitrogen functional groups attached to an aromatic ring is 1. The van der Waals surface area contributed by atoms with Crippen LogP contribution in [-0.2, 0) is 0 Å². The molecule has 0 aliphatic carbocycles. The van der Waals surface area contributed by atoms with Crippen LogP contribution in [0.25, 0.3) is 0 Å². The molecule has 2 aromatic rings. The van der Waals surface area contributed by atoms with Gasteiger partial charge in [0.2, 0.25) is 0 Å². The molecule has 0 atom stereocenters. The van der Waals surface area contributed by atoms with Gasteiger partial charge in [0.15, 0.2) is 0 Å². The van der Waals surface area contributed by atoms with E-state index < -0.39 is 0 Å². The first kappa shape index (κ1) is 13.3. The number of aromatic nitrogens is 1. The van der Waals surface area contributed by atoms with E-state index in [0.717, 1.165) is 17.1 Å². The second kappa shape index (κ2) is 5.22. The maximum atomic E-state index is 5.70. The summed E-state index contributed by atoms with van der Waals surface area (Å²) in [4.78, 5) is 9.00. The summed E-state index contributed by atoms with van der Waals surface area (Å²) in [5.41, 5.74) is 12.0. The summed E-state index contributed by atoms with van der Waals surface area (Å²) in [6.07, 6.45) is 0. The Kier molecular flexibility index (Phi) is 3.65. The number of nitrogens with two attached hydrogens (primary N) is 1. The highest BCUT2D eigenvalue weighted by atomic mass is 14.9. The minimum atomic E-state index is 0.518. The molecule has 2 rings (SSSR count). The molecule has 0 aliphatic heterocycles. The van der Waals surface area contributed by atoms with E-state index in [0.29, 0.717) is 5.82 Å². The van der Waals surface area contributed by atoms with Crippen molar-refractivity contribution in [3.63, 3.8) is 0 Å². The molecule has 0 unspecified atom stereocenters. The number of anilines is 1. The molecule has 0 radical (unpaired) electrons. The predicted octanol–water partition coefficient (Wildman–Crippen LogP) is 3.73. The van der Waals surface area contributed by atoms with Gasteiger partial charge in [-0.25, -0.2) is 4.98 Å². The fourth-order valence-corrected chi connectivity index (χ4v) is 2.23. The van der Waals surface area contributed by atoms with Crippen LogP contribution >= 0.6 is 0 Å². The first-order valence-electron chi connectivity index (χ1n) is 6.33. The standard InChI is InChI=1S/C16H19N3/c1-10-8-11(2)16(12(3)9-10)18-13(4)14-6-5-7-15(17)19-14/h5-9H,1-4H3,(H2,17,19). The Balaban J connectivity index is 2.47. The molecular weight excluding hydrogens is 234 g/mol. The molecule has 0 amide bonds. The maximum Gasteiger partial charge on any atom is 0.124 e. The van der Waals surface area contributed by atoms with Crippen LogP contribution in [0.5, 0.6) is 0 Å². The third-order valence-electron chi connectivity index (χ3n) is 3.06. The molecule has 1 aromatic carbocycles. The van der Waals surface area contributed by atoms with Crippen molar-refractivity contribution in [1.82, 2.24) is 4.98 Å². The molecule has 0 fully saturated rings. The lowest BCUT2D eigenvalue weighted by Gasteiger charge is -2.08. The molecular formula is C16H19N3. The van der Waals surface area contributed by atoms with Gasteiger partial charge < -0.3 is 5.73 Å². The van der Waals surface area contributed by atoms with Gasteiger partial charge in [0.05, 0.1) is 17.1 Å². The SMILES string of the molecule is CC(=Nc1c(C)cc(C)cc1C)c1cccc(N)n1. The van der Waals surface area contributed by atoms with Gasteiger partial charge in [-0.1, -0.05) is 23.8 Å². The van der Waals surface area contributed by atoms with E-state index in [1.54, 1.807) is 6.07 Å². The smallest absolute Gasteiger partial charge is 0.124 e. The third kappa shape index (κ3) is 2.99. The maximum absolute atomic E-state index is 5.70. The van der Waals surface area contributed by atoms with Crippen molar-refractivity contribution in [3.05, 3.63) is 52.7 Å². The van der Waals surface area contributed by atoms with Crippen LogP contribution in [0.3, 0.4) is 0 Å². The third-order valence-corrected chi connectivity index (χ3v) is 3.06. The molecule has 3 nitrogen and oxygen atoms in total. The van der Waals surface area contributed by atoms with Crippen molar-refractivity contribution in [3.8, 4) is 0 Å². The fraction of sp³-hybridized carbons (Fsp3) is 0.250. The van der Waals surface area contributed by atoms with Crippen molar-refractivity contribution < 1.29 is 0 Å². The molecule has 2 N–H and O–H groups in total. The fourth-order valence-electron chi connectivity index (χ4n) is 2.23. The Morgan fingerprint density at radius 3 is 2.32 bits per heavy atom. The van der Waals surface area contributed by atoms with E-state index in [1.165, 1.54) is 16.7 Å². The van der Waals surface area contributed by atoms with Crippen LogP contribution in [0, 0.1) is 20.8 Å². The number of hydrogen-bond acceptors (Lipinski definition) is 3. The van der Waals surface area contributed by atoms with E-state index in [1.807, 2.05) is 19.1 Å². The van der Waals surface area contributed by atoms with Crippen LogP contribution in [0.2, 0.25) is 0 Å². The second-order valence-electron chi connectivity index (χ2n) is 4.89. The molecule has 1 heterocycles. The molecule has 0 aliphatic rings. The average molecular weight is 253 g/mol. The van der Waals surface area contributed by atoms with Crippen molar-refractivity contribution in [2.45, 2.75) is 27.7 Å². The lowest BCUT2D eigenvalue weighted by molar-refractivity contribution is 1.26.